The molecule has 6 heteroatoms. The van der Waals surface area contributed by atoms with E-state index in [0.29, 0.717) is 5.69 Å². The molecule has 0 saturated heterocycles. The Bertz CT molecular complexity index is 639. The molecule has 0 spiro atoms. The predicted molar refractivity (Wildman–Crippen MR) is 69.5 cm³/mol. The zero-order valence-corrected chi connectivity index (χ0v) is 10.9. The first kappa shape index (κ1) is 11.9. The fourth-order valence-corrected chi connectivity index (χ4v) is 2.07. The lowest BCUT2D eigenvalue weighted by atomic mass is 10.1. The highest BCUT2D eigenvalue weighted by atomic mass is 79.9. The second-order valence-corrected chi connectivity index (χ2v) is 4.50. The quantitative estimate of drug-likeness (QED) is 0.836. The molecule has 0 atom stereocenters. The summed E-state index contributed by atoms with van der Waals surface area (Å²) in [5.41, 5.74) is 1.27. The van der Waals surface area contributed by atoms with Crippen LogP contribution in [0.15, 0.2) is 34.9 Å². The molecule has 0 amide bonds. The number of aromatic carboxylic acids is 1. The predicted octanol–water partition coefficient (Wildman–Crippen LogP) is 3.27. The van der Waals surface area contributed by atoms with Crippen LogP contribution in [0, 0.1) is 4.77 Å². The number of aromatic amines is 1. The number of nitrogens with zero attached hydrogens (tertiary/aromatic N) is 1. The van der Waals surface area contributed by atoms with E-state index in [4.69, 9.17) is 17.3 Å². The molecule has 0 radical (unpaired) electrons. The van der Waals surface area contributed by atoms with Crippen LogP contribution in [0.2, 0.25) is 0 Å². The van der Waals surface area contributed by atoms with Crippen molar-refractivity contribution in [2.24, 2.45) is 0 Å². The molecular weight excluding hydrogens is 304 g/mol. The molecule has 0 bridgehead atoms. The van der Waals surface area contributed by atoms with Crippen molar-refractivity contribution >= 4 is 34.1 Å². The second-order valence-electron chi connectivity index (χ2n) is 3.26. The maximum Gasteiger partial charge on any atom is 0.339 e. The van der Waals surface area contributed by atoms with Gasteiger partial charge in [-0.05, 0) is 18.3 Å². The molecule has 1 heterocycles. The summed E-state index contributed by atoms with van der Waals surface area (Å²) in [5.74, 6) is -1.05. The Labute approximate surface area is 110 Å². The van der Waals surface area contributed by atoms with Gasteiger partial charge in [-0.15, -0.1) is 0 Å². The van der Waals surface area contributed by atoms with Crippen LogP contribution >= 0.6 is 28.1 Å². The Hall–Kier alpha value is -1.53. The number of benzene rings is 1. The molecule has 0 unspecified atom stereocenters. The largest absolute Gasteiger partial charge is 0.478 e. The minimum Gasteiger partial charge on any atom is -0.478 e. The van der Waals surface area contributed by atoms with E-state index in [2.05, 4.69) is 25.9 Å². The lowest BCUT2D eigenvalue weighted by molar-refractivity contribution is 0.0697. The van der Waals surface area contributed by atoms with Crippen molar-refractivity contribution in [3.8, 4) is 11.3 Å². The van der Waals surface area contributed by atoms with Crippen LogP contribution in [-0.4, -0.2) is 21.0 Å². The van der Waals surface area contributed by atoms with E-state index in [0.717, 1.165) is 10.0 Å². The van der Waals surface area contributed by atoms with Gasteiger partial charge in [-0.1, -0.05) is 34.1 Å². The lowest BCUT2D eigenvalue weighted by Gasteiger charge is -2.07. The van der Waals surface area contributed by atoms with Crippen molar-refractivity contribution in [3.63, 3.8) is 0 Å². The third kappa shape index (κ3) is 2.42. The average molecular weight is 311 g/mol. The summed E-state index contributed by atoms with van der Waals surface area (Å²) in [6.07, 6.45) is 1.26. The number of carbonyl (C=O) groups is 1. The number of carboxylic acids is 1. The van der Waals surface area contributed by atoms with Crippen molar-refractivity contribution in [2.75, 3.05) is 0 Å². The highest BCUT2D eigenvalue weighted by molar-refractivity contribution is 9.10. The van der Waals surface area contributed by atoms with Gasteiger partial charge in [0, 0.05) is 16.2 Å². The third-order valence-corrected chi connectivity index (χ3v) is 3.08. The first-order valence-electron chi connectivity index (χ1n) is 4.67. The Morgan fingerprint density at radius 3 is 2.76 bits per heavy atom. The van der Waals surface area contributed by atoms with Gasteiger partial charge in [-0.3, -0.25) is 0 Å². The van der Waals surface area contributed by atoms with Crippen LogP contribution in [0.25, 0.3) is 11.3 Å². The molecule has 1 aromatic heterocycles. The summed E-state index contributed by atoms with van der Waals surface area (Å²) >= 11 is 8.29. The maximum absolute atomic E-state index is 11.1. The second kappa shape index (κ2) is 4.77. The SMILES string of the molecule is O=C(O)c1cnc(=S)[nH]c1-c1ccccc1Br. The van der Waals surface area contributed by atoms with Crippen LogP contribution in [0.4, 0.5) is 0 Å². The highest BCUT2D eigenvalue weighted by Gasteiger charge is 2.14. The van der Waals surface area contributed by atoms with Crippen molar-refractivity contribution in [1.82, 2.24) is 9.97 Å². The lowest BCUT2D eigenvalue weighted by Crippen LogP contribution is -2.03. The summed E-state index contributed by atoms with van der Waals surface area (Å²) in [5, 5.41) is 9.10. The fraction of sp³-hybridized carbons (Fsp3) is 0. The summed E-state index contributed by atoms with van der Waals surface area (Å²) in [4.78, 5) is 17.7. The van der Waals surface area contributed by atoms with E-state index in [1.54, 1.807) is 6.07 Å². The minimum atomic E-state index is -1.05. The molecule has 2 aromatic rings. The first-order chi connectivity index (χ1) is 8.09. The minimum absolute atomic E-state index is 0.0884. The number of carboxylic acid groups (broad SMARTS) is 1. The van der Waals surface area contributed by atoms with Gasteiger partial charge in [0.05, 0.1) is 5.69 Å². The summed E-state index contributed by atoms with van der Waals surface area (Å²) in [6, 6.07) is 7.31. The number of H-pyrrole nitrogens is 1. The molecule has 86 valence electrons. The summed E-state index contributed by atoms with van der Waals surface area (Å²) < 4.78 is 1.04. The van der Waals surface area contributed by atoms with Gasteiger partial charge < -0.3 is 10.1 Å². The van der Waals surface area contributed by atoms with Crippen molar-refractivity contribution in [3.05, 3.63) is 45.3 Å². The van der Waals surface area contributed by atoms with Crippen LogP contribution in [0.1, 0.15) is 10.4 Å². The van der Waals surface area contributed by atoms with E-state index in [1.165, 1.54) is 6.20 Å². The van der Waals surface area contributed by atoms with E-state index in [-0.39, 0.29) is 10.3 Å². The van der Waals surface area contributed by atoms with Crippen LogP contribution in [0.5, 0.6) is 0 Å². The average Bonchev–Trinajstić information content (AvgIpc) is 2.29. The molecule has 0 fully saturated rings. The molecule has 2 N–H and O–H groups in total. The van der Waals surface area contributed by atoms with Crippen molar-refractivity contribution in [1.29, 1.82) is 0 Å². The van der Waals surface area contributed by atoms with E-state index in [1.807, 2.05) is 18.2 Å². The number of rotatable bonds is 2. The van der Waals surface area contributed by atoms with E-state index in [9.17, 15) is 4.79 Å². The number of hydrogen-bond donors (Lipinski definition) is 2. The van der Waals surface area contributed by atoms with Crippen LogP contribution in [-0.2, 0) is 0 Å². The maximum atomic E-state index is 11.1. The van der Waals surface area contributed by atoms with Gasteiger partial charge in [0.15, 0.2) is 4.77 Å². The zero-order chi connectivity index (χ0) is 12.4. The molecule has 0 aliphatic rings. The summed E-state index contributed by atoms with van der Waals surface area (Å²) in [6.45, 7) is 0. The third-order valence-electron chi connectivity index (χ3n) is 2.19. The molecule has 1 aromatic carbocycles. The summed E-state index contributed by atoms with van der Waals surface area (Å²) in [7, 11) is 0. The van der Waals surface area contributed by atoms with Crippen molar-refractivity contribution in [2.45, 2.75) is 0 Å². The van der Waals surface area contributed by atoms with Gasteiger partial charge in [-0.25, -0.2) is 9.78 Å². The number of aromatic nitrogens is 2. The first-order valence-corrected chi connectivity index (χ1v) is 5.87. The Morgan fingerprint density at radius 2 is 2.12 bits per heavy atom. The van der Waals surface area contributed by atoms with Gasteiger partial charge in [0.2, 0.25) is 0 Å². The van der Waals surface area contributed by atoms with Gasteiger partial charge in [0.1, 0.15) is 5.56 Å². The Balaban J connectivity index is 2.74. The van der Waals surface area contributed by atoms with Crippen LogP contribution in [0.3, 0.4) is 0 Å². The zero-order valence-electron chi connectivity index (χ0n) is 8.48. The topological polar surface area (TPSA) is 66.0 Å². The number of nitrogens with one attached hydrogen (secondary N) is 1. The molecular formula is C11H7BrN2O2S. The smallest absolute Gasteiger partial charge is 0.339 e. The van der Waals surface area contributed by atoms with Gasteiger partial charge in [0.25, 0.3) is 0 Å². The standard InChI is InChI=1S/C11H7BrN2O2S/c12-8-4-2-1-3-6(8)9-7(10(15)16)5-13-11(17)14-9/h1-5H,(H,15,16)(H,13,14,17). The molecule has 0 aliphatic carbocycles. The van der Waals surface area contributed by atoms with E-state index < -0.39 is 5.97 Å². The molecule has 17 heavy (non-hydrogen) atoms. The molecule has 0 saturated carbocycles. The van der Waals surface area contributed by atoms with Crippen LogP contribution < -0.4 is 0 Å². The van der Waals surface area contributed by atoms with Gasteiger partial charge in [-0.2, -0.15) is 0 Å². The molecule has 0 aliphatic heterocycles. The normalized spacial score (nSPS) is 10.2. The van der Waals surface area contributed by atoms with Gasteiger partial charge >= 0.3 is 5.97 Å². The molecule has 2 rings (SSSR count). The van der Waals surface area contributed by atoms with Crippen molar-refractivity contribution < 1.29 is 9.90 Å². The molecule has 4 nitrogen and oxygen atoms in total. The monoisotopic (exact) mass is 310 g/mol. The number of halogens is 1. The number of hydrogen-bond acceptors (Lipinski definition) is 3. The highest BCUT2D eigenvalue weighted by Crippen LogP contribution is 2.28. The fourth-order valence-electron chi connectivity index (χ4n) is 1.43. The Morgan fingerprint density at radius 1 is 1.41 bits per heavy atom. The Kier molecular flexibility index (Phi) is 3.35. The van der Waals surface area contributed by atoms with E-state index >= 15 is 0 Å².